The Morgan fingerprint density at radius 3 is 2.75 bits per heavy atom. The minimum Gasteiger partial charge on any atom is -0.379 e. The number of amides is 1. The first-order valence-electron chi connectivity index (χ1n) is 6.53. The lowest BCUT2D eigenvalue weighted by atomic mass is 10.1. The monoisotopic (exact) mass is 279 g/mol. The van der Waals surface area contributed by atoms with Crippen LogP contribution in [0.25, 0.3) is 0 Å². The molecular formula is C13H17N3O4. The van der Waals surface area contributed by atoms with E-state index in [-0.39, 0.29) is 17.3 Å². The van der Waals surface area contributed by atoms with Crippen molar-refractivity contribution in [2.24, 2.45) is 0 Å². The summed E-state index contributed by atoms with van der Waals surface area (Å²) in [4.78, 5) is 24.7. The second-order valence-corrected chi connectivity index (χ2v) is 4.39. The van der Waals surface area contributed by atoms with Crippen LogP contribution in [0.1, 0.15) is 17.3 Å². The molecule has 2 rings (SSSR count). The van der Waals surface area contributed by atoms with Crippen LogP contribution in [0.2, 0.25) is 0 Å². The highest BCUT2D eigenvalue weighted by Crippen LogP contribution is 2.29. The lowest BCUT2D eigenvalue weighted by Crippen LogP contribution is -2.41. The summed E-state index contributed by atoms with van der Waals surface area (Å²) in [5, 5.41) is 14.0. The average Bonchev–Trinajstić information content (AvgIpc) is 2.47. The van der Waals surface area contributed by atoms with E-state index in [4.69, 9.17) is 4.74 Å². The number of anilines is 1. The van der Waals surface area contributed by atoms with Gasteiger partial charge in [-0.15, -0.1) is 0 Å². The summed E-state index contributed by atoms with van der Waals surface area (Å²) in [6, 6.07) is 4.55. The van der Waals surface area contributed by atoms with Crippen molar-refractivity contribution < 1.29 is 14.5 Å². The molecule has 0 bridgehead atoms. The van der Waals surface area contributed by atoms with E-state index in [1.165, 1.54) is 12.1 Å². The fourth-order valence-corrected chi connectivity index (χ4v) is 2.17. The molecular weight excluding hydrogens is 262 g/mol. The number of hydrogen-bond donors (Lipinski definition) is 1. The highest BCUT2D eigenvalue weighted by atomic mass is 16.6. The fourth-order valence-electron chi connectivity index (χ4n) is 2.17. The van der Waals surface area contributed by atoms with Crippen LogP contribution in [0.4, 0.5) is 11.4 Å². The molecule has 7 heteroatoms. The summed E-state index contributed by atoms with van der Waals surface area (Å²) < 4.78 is 5.21. The van der Waals surface area contributed by atoms with Gasteiger partial charge in [0.25, 0.3) is 11.6 Å². The van der Waals surface area contributed by atoms with E-state index in [9.17, 15) is 14.9 Å². The Hall–Kier alpha value is -2.15. The number of carbonyl (C=O) groups is 1. The smallest absolute Gasteiger partial charge is 0.293 e. The standard InChI is InChI=1S/C13H17N3O4/c1-2-14-12-10(4-3-5-11(12)16(18)19)13(17)15-6-8-20-9-7-15/h3-5,14H,2,6-9H2,1H3. The third-order valence-corrected chi connectivity index (χ3v) is 3.12. The lowest BCUT2D eigenvalue weighted by molar-refractivity contribution is -0.384. The summed E-state index contributed by atoms with van der Waals surface area (Å²) in [5.41, 5.74) is 0.547. The maximum atomic E-state index is 12.5. The summed E-state index contributed by atoms with van der Waals surface area (Å²) >= 11 is 0. The third kappa shape index (κ3) is 2.88. The number of para-hydroxylation sites is 1. The number of rotatable bonds is 4. The summed E-state index contributed by atoms with van der Waals surface area (Å²) in [7, 11) is 0. The Kier molecular flexibility index (Phi) is 4.52. The van der Waals surface area contributed by atoms with Gasteiger partial charge in [-0.1, -0.05) is 6.07 Å². The van der Waals surface area contributed by atoms with Crippen LogP contribution in [0.5, 0.6) is 0 Å². The Morgan fingerprint density at radius 2 is 2.15 bits per heavy atom. The van der Waals surface area contributed by atoms with Gasteiger partial charge in [-0.3, -0.25) is 14.9 Å². The highest BCUT2D eigenvalue weighted by molar-refractivity contribution is 6.01. The first-order chi connectivity index (χ1) is 9.65. The molecule has 0 aliphatic carbocycles. The van der Waals surface area contributed by atoms with Crippen LogP contribution >= 0.6 is 0 Å². The second kappa shape index (κ2) is 6.33. The topological polar surface area (TPSA) is 84.7 Å². The number of morpholine rings is 1. The summed E-state index contributed by atoms with van der Waals surface area (Å²) in [5.74, 6) is -0.201. The zero-order chi connectivity index (χ0) is 14.5. The molecule has 0 spiro atoms. The van der Waals surface area contributed by atoms with E-state index in [1.54, 1.807) is 11.0 Å². The van der Waals surface area contributed by atoms with Crippen LogP contribution in [-0.2, 0) is 4.74 Å². The van der Waals surface area contributed by atoms with Gasteiger partial charge in [-0.25, -0.2) is 0 Å². The van der Waals surface area contributed by atoms with Crippen molar-refractivity contribution in [3.8, 4) is 0 Å². The van der Waals surface area contributed by atoms with Gasteiger partial charge in [0.2, 0.25) is 0 Å². The zero-order valence-corrected chi connectivity index (χ0v) is 11.3. The van der Waals surface area contributed by atoms with Crippen LogP contribution in [0, 0.1) is 10.1 Å². The first kappa shape index (κ1) is 14.3. The molecule has 0 unspecified atom stereocenters. The van der Waals surface area contributed by atoms with E-state index >= 15 is 0 Å². The number of nitro groups is 1. The molecule has 1 aliphatic heterocycles. The molecule has 108 valence electrons. The molecule has 1 amide bonds. The van der Waals surface area contributed by atoms with Crippen LogP contribution in [0.3, 0.4) is 0 Å². The minimum atomic E-state index is -0.478. The number of nitro benzene ring substituents is 1. The molecule has 1 aliphatic rings. The number of carbonyl (C=O) groups excluding carboxylic acids is 1. The Labute approximate surface area is 116 Å². The predicted molar refractivity (Wildman–Crippen MR) is 74.0 cm³/mol. The van der Waals surface area contributed by atoms with Crippen molar-refractivity contribution in [1.82, 2.24) is 4.90 Å². The number of nitrogens with zero attached hydrogens (tertiary/aromatic N) is 2. The molecule has 1 heterocycles. The largest absolute Gasteiger partial charge is 0.379 e. The quantitative estimate of drug-likeness (QED) is 0.667. The molecule has 7 nitrogen and oxygen atoms in total. The van der Waals surface area contributed by atoms with Crippen LogP contribution in [-0.4, -0.2) is 48.6 Å². The van der Waals surface area contributed by atoms with Crippen molar-refractivity contribution in [2.75, 3.05) is 38.2 Å². The Morgan fingerprint density at radius 1 is 1.45 bits per heavy atom. The average molecular weight is 279 g/mol. The SMILES string of the molecule is CCNc1c(C(=O)N2CCOCC2)cccc1[N+](=O)[O-]. The van der Waals surface area contributed by atoms with Crippen molar-refractivity contribution >= 4 is 17.3 Å². The lowest BCUT2D eigenvalue weighted by Gasteiger charge is -2.27. The Bertz CT molecular complexity index is 512. The van der Waals surface area contributed by atoms with Crippen molar-refractivity contribution in [1.29, 1.82) is 0 Å². The van der Waals surface area contributed by atoms with E-state index in [0.29, 0.717) is 38.4 Å². The van der Waals surface area contributed by atoms with Gasteiger partial charge in [0.1, 0.15) is 5.69 Å². The summed E-state index contributed by atoms with van der Waals surface area (Å²) in [6.45, 7) is 4.35. The second-order valence-electron chi connectivity index (χ2n) is 4.39. The van der Waals surface area contributed by atoms with Crippen LogP contribution < -0.4 is 5.32 Å². The summed E-state index contributed by atoms with van der Waals surface area (Å²) in [6.07, 6.45) is 0. The van der Waals surface area contributed by atoms with Crippen molar-refractivity contribution in [3.63, 3.8) is 0 Å². The van der Waals surface area contributed by atoms with E-state index < -0.39 is 4.92 Å². The van der Waals surface area contributed by atoms with Gasteiger partial charge < -0.3 is 15.0 Å². The minimum absolute atomic E-state index is 0.0778. The van der Waals surface area contributed by atoms with Gasteiger partial charge in [0, 0.05) is 25.7 Å². The normalized spacial score (nSPS) is 14.9. The molecule has 0 saturated carbocycles. The van der Waals surface area contributed by atoms with E-state index in [1.807, 2.05) is 6.92 Å². The molecule has 1 aromatic rings. The van der Waals surface area contributed by atoms with Gasteiger partial charge in [-0.2, -0.15) is 0 Å². The molecule has 0 atom stereocenters. The number of hydrogen-bond acceptors (Lipinski definition) is 5. The Balaban J connectivity index is 2.36. The van der Waals surface area contributed by atoms with E-state index in [0.717, 1.165) is 0 Å². The van der Waals surface area contributed by atoms with Gasteiger partial charge in [0.05, 0.1) is 23.7 Å². The molecule has 0 aromatic heterocycles. The van der Waals surface area contributed by atoms with Crippen molar-refractivity contribution in [2.45, 2.75) is 6.92 Å². The number of nitrogens with one attached hydrogen (secondary N) is 1. The zero-order valence-electron chi connectivity index (χ0n) is 11.3. The van der Waals surface area contributed by atoms with Gasteiger partial charge in [0.15, 0.2) is 0 Å². The number of benzene rings is 1. The molecule has 20 heavy (non-hydrogen) atoms. The molecule has 1 saturated heterocycles. The van der Waals surface area contributed by atoms with Crippen molar-refractivity contribution in [3.05, 3.63) is 33.9 Å². The molecule has 1 N–H and O–H groups in total. The molecule has 1 aromatic carbocycles. The maximum absolute atomic E-state index is 12.5. The first-order valence-corrected chi connectivity index (χ1v) is 6.53. The predicted octanol–water partition coefficient (Wildman–Crippen LogP) is 1.50. The fraction of sp³-hybridized carbons (Fsp3) is 0.462. The van der Waals surface area contributed by atoms with E-state index in [2.05, 4.69) is 5.32 Å². The number of ether oxygens (including phenoxy) is 1. The maximum Gasteiger partial charge on any atom is 0.293 e. The van der Waals surface area contributed by atoms with Crippen LogP contribution in [0.15, 0.2) is 18.2 Å². The highest BCUT2D eigenvalue weighted by Gasteiger charge is 2.25. The molecule has 1 fully saturated rings. The van der Waals surface area contributed by atoms with Gasteiger partial charge >= 0.3 is 0 Å². The van der Waals surface area contributed by atoms with Gasteiger partial charge in [-0.05, 0) is 13.0 Å². The molecule has 0 radical (unpaired) electrons. The third-order valence-electron chi connectivity index (χ3n) is 3.12.